The molecule has 0 N–H and O–H groups in total. The number of methoxy groups -OCH3 is 1. The molecule has 2 aromatic carbocycles. The maximum absolute atomic E-state index is 12.5. The molecule has 3 rings (SSSR count). The monoisotopic (exact) mass is 324 g/mol. The van der Waals surface area contributed by atoms with E-state index >= 15 is 0 Å². The summed E-state index contributed by atoms with van der Waals surface area (Å²) < 4.78 is 16.5. The molecule has 1 aliphatic rings. The van der Waals surface area contributed by atoms with Crippen molar-refractivity contribution in [3.63, 3.8) is 0 Å². The minimum absolute atomic E-state index is 0.306. The van der Waals surface area contributed by atoms with Crippen molar-refractivity contribution in [3.05, 3.63) is 59.7 Å². The van der Waals surface area contributed by atoms with Gasteiger partial charge in [-0.1, -0.05) is 30.3 Å². The molecule has 0 aliphatic carbocycles. The molecule has 1 heterocycles. The first-order valence-electron chi connectivity index (χ1n) is 7.90. The van der Waals surface area contributed by atoms with Crippen LogP contribution >= 0.6 is 0 Å². The Kier molecular flexibility index (Phi) is 4.30. The van der Waals surface area contributed by atoms with Gasteiger partial charge in [-0.2, -0.15) is 0 Å². The molecule has 0 amide bonds. The Hall–Kier alpha value is -2.75. The van der Waals surface area contributed by atoms with Crippen molar-refractivity contribution >= 4 is 17.6 Å². The highest BCUT2D eigenvalue weighted by Crippen LogP contribution is 2.45. The Morgan fingerprint density at radius 1 is 1.21 bits per heavy atom. The minimum Gasteiger partial charge on any atom is -0.497 e. The van der Waals surface area contributed by atoms with E-state index in [2.05, 4.69) is 0 Å². The molecule has 0 aromatic heterocycles. The van der Waals surface area contributed by atoms with Gasteiger partial charge in [-0.15, -0.1) is 0 Å². The SMILES string of the molecule is CCOC(=O)[C@@]1(C)Oc2ccccc2/C1=C\c1cccc(OC)c1. The van der Waals surface area contributed by atoms with Crippen LogP contribution in [-0.2, 0) is 9.53 Å². The maximum Gasteiger partial charge on any atom is 0.354 e. The zero-order chi connectivity index (χ0) is 17.2. The number of para-hydroxylation sites is 1. The van der Waals surface area contributed by atoms with Crippen LogP contribution in [0.5, 0.6) is 11.5 Å². The van der Waals surface area contributed by atoms with Crippen molar-refractivity contribution in [3.8, 4) is 11.5 Å². The van der Waals surface area contributed by atoms with Gasteiger partial charge in [0.25, 0.3) is 0 Å². The van der Waals surface area contributed by atoms with Crippen molar-refractivity contribution < 1.29 is 19.0 Å². The summed E-state index contributed by atoms with van der Waals surface area (Å²) in [5.41, 5.74) is 1.45. The van der Waals surface area contributed by atoms with E-state index in [1.165, 1.54) is 0 Å². The standard InChI is InChI=1S/C20H20O4/c1-4-23-19(21)20(2)17(16-10-5-6-11-18(16)24-20)13-14-8-7-9-15(12-14)22-3/h5-13H,4H2,1-3H3/b17-13+/t20-/m0/s1. The molecule has 0 saturated carbocycles. The lowest BCUT2D eigenvalue weighted by Crippen LogP contribution is -2.40. The second-order valence-corrected chi connectivity index (χ2v) is 5.69. The number of carbonyl (C=O) groups excluding carboxylic acids is 1. The van der Waals surface area contributed by atoms with E-state index in [0.29, 0.717) is 12.4 Å². The van der Waals surface area contributed by atoms with E-state index in [1.807, 2.05) is 54.6 Å². The van der Waals surface area contributed by atoms with Crippen molar-refractivity contribution in [2.75, 3.05) is 13.7 Å². The van der Waals surface area contributed by atoms with E-state index in [-0.39, 0.29) is 0 Å². The summed E-state index contributed by atoms with van der Waals surface area (Å²) in [6.07, 6.45) is 1.95. The van der Waals surface area contributed by atoms with Gasteiger partial charge in [-0.25, -0.2) is 4.79 Å². The number of carbonyl (C=O) groups is 1. The second kappa shape index (κ2) is 6.40. The van der Waals surface area contributed by atoms with Crippen molar-refractivity contribution in [1.29, 1.82) is 0 Å². The smallest absolute Gasteiger partial charge is 0.354 e. The van der Waals surface area contributed by atoms with Crippen LogP contribution in [0.4, 0.5) is 0 Å². The molecule has 0 bridgehead atoms. The maximum atomic E-state index is 12.5. The summed E-state index contributed by atoms with van der Waals surface area (Å²) in [6, 6.07) is 15.3. The molecule has 4 heteroatoms. The minimum atomic E-state index is -1.16. The Bertz CT molecular complexity index is 794. The molecule has 2 aromatic rings. The molecular weight excluding hydrogens is 304 g/mol. The average Bonchev–Trinajstić information content (AvgIpc) is 2.89. The van der Waals surface area contributed by atoms with E-state index in [0.717, 1.165) is 22.4 Å². The Morgan fingerprint density at radius 2 is 2.00 bits per heavy atom. The van der Waals surface area contributed by atoms with Crippen molar-refractivity contribution in [1.82, 2.24) is 0 Å². The highest BCUT2D eigenvalue weighted by atomic mass is 16.6. The van der Waals surface area contributed by atoms with Gasteiger partial charge in [-0.05, 0) is 43.7 Å². The number of rotatable bonds is 4. The average molecular weight is 324 g/mol. The van der Waals surface area contributed by atoms with Crippen LogP contribution in [0.1, 0.15) is 25.0 Å². The molecule has 0 fully saturated rings. The molecule has 0 spiro atoms. The van der Waals surface area contributed by atoms with Crippen LogP contribution in [0.15, 0.2) is 48.5 Å². The first-order chi connectivity index (χ1) is 11.6. The summed E-state index contributed by atoms with van der Waals surface area (Å²) in [4.78, 5) is 12.5. The number of fused-ring (bicyclic) bond motifs is 1. The zero-order valence-electron chi connectivity index (χ0n) is 14.0. The van der Waals surface area contributed by atoms with E-state index in [9.17, 15) is 4.79 Å². The molecule has 1 aliphatic heterocycles. The summed E-state index contributed by atoms with van der Waals surface area (Å²) in [5.74, 6) is 1.05. The first kappa shape index (κ1) is 16.1. The molecule has 0 saturated heterocycles. The van der Waals surface area contributed by atoms with E-state index in [1.54, 1.807) is 21.0 Å². The van der Waals surface area contributed by atoms with E-state index in [4.69, 9.17) is 14.2 Å². The zero-order valence-corrected chi connectivity index (χ0v) is 14.0. The Morgan fingerprint density at radius 3 is 2.75 bits per heavy atom. The van der Waals surface area contributed by atoms with Crippen LogP contribution in [0.2, 0.25) is 0 Å². The van der Waals surface area contributed by atoms with Gasteiger partial charge in [0.2, 0.25) is 5.60 Å². The van der Waals surface area contributed by atoms with Gasteiger partial charge in [0.15, 0.2) is 0 Å². The Labute approximate surface area is 141 Å². The van der Waals surface area contributed by atoms with Crippen LogP contribution in [0.25, 0.3) is 11.6 Å². The fourth-order valence-corrected chi connectivity index (χ4v) is 2.84. The van der Waals surface area contributed by atoms with Gasteiger partial charge in [-0.3, -0.25) is 0 Å². The summed E-state index contributed by atoms with van der Waals surface area (Å²) >= 11 is 0. The summed E-state index contributed by atoms with van der Waals surface area (Å²) in [7, 11) is 1.63. The van der Waals surface area contributed by atoms with Gasteiger partial charge in [0.05, 0.1) is 13.7 Å². The second-order valence-electron chi connectivity index (χ2n) is 5.69. The third-order valence-electron chi connectivity index (χ3n) is 4.08. The lowest BCUT2D eigenvalue weighted by atomic mass is 9.90. The first-order valence-corrected chi connectivity index (χ1v) is 7.90. The van der Waals surface area contributed by atoms with Crippen LogP contribution in [-0.4, -0.2) is 25.3 Å². The topological polar surface area (TPSA) is 44.8 Å². The van der Waals surface area contributed by atoms with Crippen LogP contribution in [0.3, 0.4) is 0 Å². The summed E-state index contributed by atoms with van der Waals surface area (Å²) in [5, 5.41) is 0. The third-order valence-corrected chi connectivity index (χ3v) is 4.08. The predicted octanol–water partition coefficient (Wildman–Crippen LogP) is 3.95. The lowest BCUT2D eigenvalue weighted by Gasteiger charge is -2.23. The van der Waals surface area contributed by atoms with Gasteiger partial charge < -0.3 is 14.2 Å². The molecule has 124 valence electrons. The highest BCUT2D eigenvalue weighted by molar-refractivity contribution is 6.04. The number of hydrogen-bond donors (Lipinski definition) is 0. The van der Waals surface area contributed by atoms with E-state index < -0.39 is 11.6 Å². The number of benzene rings is 2. The predicted molar refractivity (Wildman–Crippen MR) is 93.0 cm³/mol. The lowest BCUT2D eigenvalue weighted by molar-refractivity contribution is -0.154. The molecule has 4 nitrogen and oxygen atoms in total. The molecule has 0 unspecified atom stereocenters. The van der Waals surface area contributed by atoms with Crippen LogP contribution < -0.4 is 9.47 Å². The van der Waals surface area contributed by atoms with Crippen molar-refractivity contribution in [2.24, 2.45) is 0 Å². The fourth-order valence-electron chi connectivity index (χ4n) is 2.84. The fraction of sp³-hybridized carbons (Fsp3) is 0.250. The third kappa shape index (κ3) is 2.75. The molecular formula is C20H20O4. The Balaban J connectivity index is 2.12. The van der Waals surface area contributed by atoms with Crippen molar-refractivity contribution in [2.45, 2.75) is 19.4 Å². The number of ether oxygens (including phenoxy) is 3. The van der Waals surface area contributed by atoms with Crippen LogP contribution in [0, 0.1) is 0 Å². The highest BCUT2D eigenvalue weighted by Gasteiger charge is 2.47. The van der Waals surface area contributed by atoms with Gasteiger partial charge in [0, 0.05) is 11.1 Å². The largest absolute Gasteiger partial charge is 0.497 e. The molecule has 1 atom stereocenters. The van der Waals surface area contributed by atoms with Gasteiger partial charge >= 0.3 is 5.97 Å². The number of esters is 1. The normalized spacial score (nSPS) is 20.4. The molecule has 0 radical (unpaired) electrons. The number of hydrogen-bond acceptors (Lipinski definition) is 4. The van der Waals surface area contributed by atoms with Gasteiger partial charge in [0.1, 0.15) is 11.5 Å². The quantitative estimate of drug-likeness (QED) is 0.799. The summed E-state index contributed by atoms with van der Waals surface area (Å²) in [6.45, 7) is 3.84. The molecule has 24 heavy (non-hydrogen) atoms.